The van der Waals surface area contributed by atoms with E-state index in [9.17, 15) is 0 Å². The molecule has 0 aromatic rings. The number of thioether (sulfide) groups is 1. The molecular weight excluding hydrogens is 226 g/mol. The van der Waals surface area contributed by atoms with Crippen molar-refractivity contribution in [3.63, 3.8) is 0 Å². The molecule has 3 atom stereocenters. The Bertz CT molecular complexity index is 228. The molecule has 1 saturated carbocycles. The van der Waals surface area contributed by atoms with E-state index >= 15 is 0 Å². The maximum atomic E-state index is 3.91. The third-order valence-corrected chi connectivity index (χ3v) is 5.76. The van der Waals surface area contributed by atoms with Gasteiger partial charge >= 0.3 is 0 Å². The van der Waals surface area contributed by atoms with E-state index in [1.165, 1.54) is 50.0 Å². The number of nitrogens with one attached hydrogen (secondary N) is 1. The standard InChI is InChI=1S/C15H29NS/c1-15(2,3)12-5-4-6-13(8-7-12)16-14-9-10-17-11-14/h12-14,16H,4-11H2,1-3H3. The fourth-order valence-electron chi connectivity index (χ4n) is 3.33. The molecule has 0 aromatic heterocycles. The quantitative estimate of drug-likeness (QED) is 0.746. The van der Waals surface area contributed by atoms with Crippen molar-refractivity contribution in [2.24, 2.45) is 11.3 Å². The van der Waals surface area contributed by atoms with Gasteiger partial charge in [0.15, 0.2) is 0 Å². The van der Waals surface area contributed by atoms with E-state index in [1.54, 1.807) is 0 Å². The molecule has 1 saturated heterocycles. The highest BCUT2D eigenvalue weighted by Crippen LogP contribution is 2.37. The predicted molar refractivity (Wildman–Crippen MR) is 78.7 cm³/mol. The first kappa shape index (κ1) is 13.7. The molecule has 0 amide bonds. The second-order valence-electron chi connectivity index (χ2n) is 7.00. The SMILES string of the molecule is CC(C)(C)C1CCCC(NC2CCSC2)CC1. The van der Waals surface area contributed by atoms with Crippen LogP contribution in [0.3, 0.4) is 0 Å². The van der Waals surface area contributed by atoms with Gasteiger partial charge < -0.3 is 5.32 Å². The van der Waals surface area contributed by atoms with E-state index in [0.29, 0.717) is 5.41 Å². The second kappa shape index (κ2) is 5.97. The summed E-state index contributed by atoms with van der Waals surface area (Å²) in [5.74, 6) is 3.65. The van der Waals surface area contributed by atoms with E-state index in [4.69, 9.17) is 0 Å². The van der Waals surface area contributed by atoms with E-state index in [0.717, 1.165) is 18.0 Å². The van der Waals surface area contributed by atoms with Gasteiger partial charge in [0.25, 0.3) is 0 Å². The van der Waals surface area contributed by atoms with E-state index in [2.05, 4.69) is 37.8 Å². The first-order chi connectivity index (χ1) is 8.05. The summed E-state index contributed by atoms with van der Waals surface area (Å²) in [6, 6.07) is 1.63. The monoisotopic (exact) mass is 255 g/mol. The molecule has 3 unspecified atom stereocenters. The highest BCUT2D eigenvalue weighted by molar-refractivity contribution is 7.99. The first-order valence-electron chi connectivity index (χ1n) is 7.39. The largest absolute Gasteiger partial charge is 0.310 e. The molecule has 0 radical (unpaired) electrons. The van der Waals surface area contributed by atoms with Crippen LogP contribution in [-0.4, -0.2) is 23.6 Å². The van der Waals surface area contributed by atoms with Crippen LogP contribution in [-0.2, 0) is 0 Å². The summed E-state index contributed by atoms with van der Waals surface area (Å²) < 4.78 is 0. The highest BCUT2D eigenvalue weighted by Gasteiger charge is 2.28. The molecule has 1 nitrogen and oxygen atoms in total. The second-order valence-corrected chi connectivity index (χ2v) is 8.15. The lowest BCUT2D eigenvalue weighted by atomic mass is 9.76. The molecule has 1 aliphatic carbocycles. The molecule has 2 aliphatic rings. The molecule has 17 heavy (non-hydrogen) atoms. The zero-order valence-electron chi connectivity index (χ0n) is 11.8. The summed E-state index contributed by atoms with van der Waals surface area (Å²) >= 11 is 2.12. The summed E-state index contributed by atoms with van der Waals surface area (Å²) in [5, 5.41) is 3.91. The Morgan fingerprint density at radius 1 is 0.941 bits per heavy atom. The smallest absolute Gasteiger partial charge is 0.0168 e. The molecule has 2 rings (SSSR count). The third kappa shape index (κ3) is 4.17. The van der Waals surface area contributed by atoms with Gasteiger partial charge in [-0.1, -0.05) is 27.2 Å². The van der Waals surface area contributed by atoms with Gasteiger partial charge in [-0.25, -0.2) is 0 Å². The molecule has 1 heterocycles. The van der Waals surface area contributed by atoms with Crippen molar-refractivity contribution in [3.8, 4) is 0 Å². The van der Waals surface area contributed by atoms with Crippen molar-refractivity contribution in [1.29, 1.82) is 0 Å². The fourth-order valence-corrected chi connectivity index (χ4v) is 4.50. The molecule has 2 heteroatoms. The van der Waals surface area contributed by atoms with Gasteiger partial charge in [-0.2, -0.15) is 11.8 Å². The Hall–Kier alpha value is 0.310. The van der Waals surface area contributed by atoms with Gasteiger partial charge in [0.2, 0.25) is 0 Å². The number of hydrogen-bond donors (Lipinski definition) is 1. The van der Waals surface area contributed by atoms with Gasteiger partial charge in [-0.3, -0.25) is 0 Å². The minimum absolute atomic E-state index is 0.512. The van der Waals surface area contributed by atoms with Gasteiger partial charge in [-0.05, 0) is 49.2 Å². The van der Waals surface area contributed by atoms with Crippen molar-refractivity contribution in [3.05, 3.63) is 0 Å². The lowest BCUT2D eigenvalue weighted by Gasteiger charge is -2.30. The molecule has 100 valence electrons. The average Bonchev–Trinajstić information content (AvgIpc) is 2.61. The summed E-state index contributed by atoms with van der Waals surface area (Å²) in [4.78, 5) is 0. The highest BCUT2D eigenvalue weighted by atomic mass is 32.2. The number of rotatable bonds is 2. The zero-order chi connectivity index (χ0) is 12.3. The van der Waals surface area contributed by atoms with Gasteiger partial charge in [0, 0.05) is 17.8 Å². The van der Waals surface area contributed by atoms with Crippen LogP contribution in [0.1, 0.15) is 59.3 Å². The normalized spacial score (nSPS) is 35.8. The molecule has 0 spiro atoms. The van der Waals surface area contributed by atoms with Gasteiger partial charge in [0.05, 0.1) is 0 Å². The molecule has 1 N–H and O–H groups in total. The topological polar surface area (TPSA) is 12.0 Å². The summed E-state index contributed by atoms with van der Waals surface area (Å²) in [6.45, 7) is 7.25. The Morgan fingerprint density at radius 2 is 1.76 bits per heavy atom. The average molecular weight is 255 g/mol. The molecule has 2 fully saturated rings. The van der Waals surface area contributed by atoms with Crippen molar-refractivity contribution in [2.75, 3.05) is 11.5 Å². The minimum atomic E-state index is 0.512. The summed E-state index contributed by atoms with van der Waals surface area (Å²) in [5.41, 5.74) is 0.512. The predicted octanol–water partition coefficient (Wildman–Crippen LogP) is 4.08. The first-order valence-corrected chi connectivity index (χ1v) is 8.55. The zero-order valence-corrected chi connectivity index (χ0v) is 12.6. The van der Waals surface area contributed by atoms with Gasteiger partial charge in [0.1, 0.15) is 0 Å². The van der Waals surface area contributed by atoms with Crippen molar-refractivity contribution in [2.45, 2.75) is 71.4 Å². The Kier molecular flexibility index (Phi) is 4.82. The Morgan fingerprint density at radius 3 is 2.41 bits per heavy atom. The lowest BCUT2D eigenvalue weighted by molar-refractivity contribution is 0.213. The van der Waals surface area contributed by atoms with Crippen molar-refractivity contribution >= 4 is 11.8 Å². The van der Waals surface area contributed by atoms with Crippen molar-refractivity contribution in [1.82, 2.24) is 5.32 Å². The van der Waals surface area contributed by atoms with E-state index < -0.39 is 0 Å². The fraction of sp³-hybridized carbons (Fsp3) is 1.00. The maximum absolute atomic E-state index is 3.91. The Labute approximate surface area is 112 Å². The lowest BCUT2D eigenvalue weighted by Crippen LogP contribution is -2.38. The van der Waals surface area contributed by atoms with Crippen LogP contribution >= 0.6 is 11.8 Å². The van der Waals surface area contributed by atoms with E-state index in [-0.39, 0.29) is 0 Å². The van der Waals surface area contributed by atoms with Crippen LogP contribution in [0.4, 0.5) is 0 Å². The Balaban J connectivity index is 1.79. The third-order valence-electron chi connectivity index (χ3n) is 4.59. The van der Waals surface area contributed by atoms with Gasteiger partial charge in [-0.15, -0.1) is 0 Å². The van der Waals surface area contributed by atoms with Crippen LogP contribution in [0.15, 0.2) is 0 Å². The molecular formula is C15H29NS. The minimum Gasteiger partial charge on any atom is -0.310 e. The molecule has 1 aliphatic heterocycles. The van der Waals surface area contributed by atoms with Crippen molar-refractivity contribution < 1.29 is 0 Å². The summed E-state index contributed by atoms with van der Waals surface area (Å²) in [7, 11) is 0. The molecule has 0 bridgehead atoms. The van der Waals surface area contributed by atoms with Crippen LogP contribution < -0.4 is 5.32 Å². The maximum Gasteiger partial charge on any atom is 0.0168 e. The van der Waals surface area contributed by atoms with Crippen LogP contribution in [0.2, 0.25) is 0 Å². The van der Waals surface area contributed by atoms with Crippen LogP contribution in [0.5, 0.6) is 0 Å². The van der Waals surface area contributed by atoms with Crippen LogP contribution in [0, 0.1) is 11.3 Å². The summed E-state index contributed by atoms with van der Waals surface area (Å²) in [6.07, 6.45) is 8.52. The van der Waals surface area contributed by atoms with Crippen LogP contribution in [0.25, 0.3) is 0 Å². The molecule has 0 aromatic carbocycles. The number of hydrogen-bond acceptors (Lipinski definition) is 2. The van der Waals surface area contributed by atoms with E-state index in [1.807, 2.05) is 0 Å².